The Morgan fingerprint density at radius 1 is 1.33 bits per heavy atom. The number of benzene rings is 1. The third kappa shape index (κ3) is 3.06. The molecule has 110 valence electrons. The monoisotopic (exact) mass is 331 g/mol. The highest BCUT2D eigenvalue weighted by molar-refractivity contribution is 6.35. The molecule has 0 aliphatic carbocycles. The van der Waals surface area contributed by atoms with Gasteiger partial charge in [-0.3, -0.25) is 4.79 Å². The number of nitrogen functional groups attached to an aromatic ring is 1. The second-order valence-electron chi connectivity index (χ2n) is 4.21. The third-order valence-electron chi connectivity index (χ3n) is 2.73. The fraction of sp³-hybridized carbons (Fsp3) is 0.0769. The second-order valence-corrected chi connectivity index (χ2v) is 4.95. The number of aromatic nitrogens is 1. The normalized spacial score (nSPS) is 10.5. The van der Waals surface area contributed by atoms with Gasteiger partial charge in [-0.05, 0) is 30.7 Å². The van der Waals surface area contributed by atoms with Crippen molar-refractivity contribution in [3.05, 3.63) is 51.3 Å². The predicted molar refractivity (Wildman–Crippen MR) is 77.7 cm³/mol. The number of nitrogens with one attached hydrogen (secondary N) is 1. The molecule has 21 heavy (non-hydrogen) atoms. The van der Waals surface area contributed by atoms with Crippen LogP contribution in [0.25, 0.3) is 0 Å². The summed E-state index contributed by atoms with van der Waals surface area (Å²) < 4.78 is 27.4. The SMILES string of the molecule is Cc1cc(Cl)nc(Cl)c1NC(=O)c1c(F)ccc(N)c1F. The minimum absolute atomic E-state index is 0.0851. The molecule has 0 unspecified atom stereocenters. The van der Waals surface area contributed by atoms with Crippen LogP contribution in [0, 0.1) is 18.6 Å². The van der Waals surface area contributed by atoms with Crippen molar-refractivity contribution in [3.8, 4) is 0 Å². The van der Waals surface area contributed by atoms with E-state index in [1.54, 1.807) is 6.92 Å². The smallest absolute Gasteiger partial charge is 0.261 e. The van der Waals surface area contributed by atoms with Crippen molar-refractivity contribution in [1.82, 2.24) is 4.98 Å². The molecule has 1 heterocycles. The molecule has 0 saturated carbocycles. The minimum Gasteiger partial charge on any atom is -0.396 e. The maximum Gasteiger partial charge on any atom is 0.261 e. The van der Waals surface area contributed by atoms with E-state index in [2.05, 4.69) is 10.3 Å². The Labute approximate surface area is 128 Å². The minimum atomic E-state index is -1.14. The van der Waals surface area contributed by atoms with E-state index >= 15 is 0 Å². The lowest BCUT2D eigenvalue weighted by molar-refractivity contribution is 0.101. The van der Waals surface area contributed by atoms with E-state index in [4.69, 9.17) is 28.9 Å². The fourth-order valence-electron chi connectivity index (χ4n) is 1.70. The van der Waals surface area contributed by atoms with Crippen LogP contribution in [0.2, 0.25) is 10.3 Å². The maximum atomic E-state index is 13.8. The highest BCUT2D eigenvalue weighted by atomic mass is 35.5. The summed E-state index contributed by atoms with van der Waals surface area (Å²) >= 11 is 11.6. The average Bonchev–Trinajstić information content (AvgIpc) is 2.38. The van der Waals surface area contributed by atoms with Gasteiger partial charge in [-0.25, -0.2) is 13.8 Å². The van der Waals surface area contributed by atoms with Crippen molar-refractivity contribution < 1.29 is 13.6 Å². The van der Waals surface area contributed by atoms with Crippen LogP contribution >= 0.6 is 23.2 Å². The number of amides is 1. The number of carbonyl (C=O) groups is 1. The van der Waals surface area contributed by atoms with Crippen LogP contribution in [-0.2, 0) is 0 Å². The van der Waals surface area contributed by atoms with Gasteiger partial charge in [-0.2, -0.15) is 0 Å². The molecule has 2 rings (SSSR count). The predicted octanol–water partition coefficient (Wildman–Crippen LogP) is 3.81. The molecular weight excluding hydrogens is 323 g/mol. The zero-order valence-corrected chi connectivity index (χ0v) is 12.2. The number of halogens is 4. The van der Waals surface area contributed by atoms with Crippen LogP contribution in [0.5, 0.6) is 0 Å². The summed E-state index contributed by atoms with van der Waals surface area (Å²) in [5, 5.41) is 2.35. The van der Waals surface area contributed by atoms with Gasteiger partial charge in [0.05, 0.1) is 11.4 Å². The van der Waals surface area contributed by atoms with Gasteiger partial charge in [-0.1, -0.05) is 23.2 Å². The van der Waals surface area contributed by atoms with Gasteiger partial charge >= 0.3 is 0 Å². The van der Waals surface area contributed by atoms with Gasteiger partial charge in [0.2, 0.25) is 0 Å². The summed E-state index contributed by atoms with van der Waals surface area (Å²) in [6, 6.07) is 3.39. The Hall–Kier alpha value is -1.92. The second kappa shape index (κ2) is 5.83. The topological polar surface area (TPSA) is 68.0 Å². The van der Waals surface area contributed by atoms with Gasteiger partial charge in [0.25, 0.3) is 5.91 Å². The van der Waals surface area contributed by atoms with E-state index in [-0.39, 0.29) is 21.7 Å². The van der Waals surface area contributed by atoms with Crippen LogP contribution in [0.1, 0.15) is 15.9 Å². The van der Waals surface area contributed by atoms with Crippen LogP contribution in [-0.4, -0.2) is 10.9 Å². The highest BCUT2D eigenvalue weighted by Gasteiger charge is 2.21. The first kappa shape index (κ1) is 15.5. The molecule has 0 bridgehead atoms. The lowest BCUT2D eigenvalue weighted by atomic mass is 10.1. The van der Waals surface area contributed by atoms with E-state index in [9.17, 15) is 13.6 Å². The zero-order chi connectivity index (χ0) is 15.7. The number of rotatable bonds is 2. The van der Waals surface area contributed by atoms with Gasteiger partial charge in [0.15, 0.2) is 11.0 Å². The van der Waals surface area contributed by atoms with Gasteiger partial charge in [-0.15, -0.1) is 0 Å². The largest absolute Gasteiger partial charge is 0.396 e. The Bertz CT molecular complexity index is 715. The molecular formula is C13H9Cl2F2N3O. The van der Waals surface area contributed by atoms with E-state index < -0.39 is 23.1 Å². The molecule has 1 amide bonds. The first-order chi connectivity index (χ1) is 9.81. The van der Waals surface area contributed by atoms with Crippen molar-refractivity contribution in [2.75, 3.05) is 11.1 Å². The molecule has 0 atom stereocenters. The van der Waals surface area contributed by atoms with E-state index in [1.807, 2.05) is 0 Å². The molecule has 3 N–H and O–H groups in total. The van der Waals surface area contributed by atoms with E-state index in [1.165, 1.54) is 6.07 Å². The van der Waals surface area contributed by atoms with Crippen molar-refractivity contribution in [2.45, 2.75) is 6.92 Å². The summed E-state index contributed by atoms with van der Waals surface area (Å²) in [6.45, 7) is 1.61. The van der Waals surface area contributed by atoms with Crippen molar-refractivity contribution in [2.24, 2.45) is 0 Å². The molecule has 1 aromatic carbocycles. The fourth-order valence-corrected chi connectivity index (χ4v) is 2.28. The molecule has 2 aromatic rings. The molecule has 4 nitrogen and oxygen atoms in total. The summed E-state index contributed by atoms with van der Waals surface area (Å²) in [5.41, 5.74) is 4.81. The van der Waals surface area contributed by atoms with Crippen LogP contribution in [0.15, 0.2) is 18.2 Å². The lowest BCUT2D eigenvalue weighted by Gasteiger charge is -2.11. The van der Waals surface area contributed by atoms with Crippen molar-refractivity contribution >= 4 is 40.5 Å². The lowest BCUT2D eigenvalue weighted by Crippen LogP contribution is -2.18. The molecule has 8 heteroatoms. The van der Waals surface area contributed by atoms with Gasteiger partial charge in [0, 0.05) is 0 Å². The highest BCUT2D eigenvalue weighted by Crippen LogP contribution is 2.28. The first-order valence-corrected chi connectivity index (χ1v) is 6.44. The molecule has 0 spiro atoms. The maximum absolute atomic E-state index is 13.8. The molecule has 0 fully saturated rings. The number of nitrogens with two attached hydrogens (primary N) is 1. The molecule has 0 saturated heterocycles. The molecule has 0 aliphatic heterocycles. The number of hydrogen-bond acceptors (Lipinski definition) is 3. The van der Waals surface area contributed by atoms with Crippen molar-refractivity contribution in [3.63, 3.8) is 0 Å². The van der Waals surface area contributed by atoms with Crippen molar-refractivity contribution in [1.29, 1.82) is 0 Å². The van der Waals surface area contributed by atoms with Crippen LogP contribution in [0.3, 0.4) is 0 Å². The first-order valence-electron chi connectivity index (χ1n) is 5.68. The number of pyridine rings is 1. The summed E-state index contributed by atoms with van der Waals surface area (Å²) in [7, 11) is 0. The third-order valence-corrected chi connectivity index (χ3v) is 3.19. The summed E-state index contributed by atoms with van der Waals surface area (Å²) in [5.74, 6) is -3.19. The quantitative estimate of drug-likeness (QED) is 0.649. The van der Waals surface area contributed by atoms with Crippen LogP contribution < -0.4 is 11.1 Å². The van der Waals surface area contributed by atoms with Gasteiger partial charge < -0.3 is 11.1 Å². The van der Waals surface area contributed by atoms with Crippen LogP contribution in [0.4, 0.5) is 20.2 Å². The molecule has 1 aromatic heterocycles. The average molecular weight is 332 g/mol. The number of carbonyl (C=O) groups excluding carboxylic acids is 1. The zero-order valence-electron chi connectivity index (χ0n) is 10.7. The molecule has 0 aliphatic rings. The van der Waals surface area contributed by atoms with Gasteiger partial charge in [0.1, 0.15) is 16.5 Å². The molecule has 0 radical (unpaired) electrons. The Morgan fingerprint density at radius 2 is 2.00 bits per heavy atom. The summed E-state index contributed by atoms with van der Waals surface area (Å²) in [4.78, 5) is 15.8. The summed E-state index contributed by atoms with van der Waals surface area (Å²) in [6.07, 6.45) is 0. The number of anilines is 2. The number of hydrogen-bond donors (Lipinski definition) is 2. The number of aryl methyl sites for hydroxylation is 1. The standard InChI is InChI=1S/C13H9Cl2F2N3O/c1-5-4-8(14)19-12(15)11(5)20-13(21)9-6(16)2-3-7(18)10(9)17/h2-4H,18H2,1H3,(H,20,21). The Balaban J connectivity index is 2.42. The Morgan fingerprint density at radius 3 is 2.62 bits per heavy atom. The Kier molecular flexibility index (Phi) is 4.29. The van der Waals surface area contributed by atoms with E-state index in [0.29, 0.717) is 5.56 Å². The van der Waals surface area contributed by atoms with E-state index in [0.717, 1.165) is 12.1 Å². The number of nitrogens with zero attached hydrogens (tertiary/aromatic N) is 1.